The molecule has 14 aromatic carbocycles. The lowest BCUT2D eigenvalue weighted by Gasteiger charge is -2.38. The molecule has 14 rings (SSSR count). The fourth-order valence-electron chi connectivity index (χ4n) is 11.9. The minimum Gasteiger partial charge on any atom is -0.457 e. The van der Waals surface area contributed by atoms with Crippen LogP contribution in [0.1, 0.15) is 177 Å². The highest BCUT2D eigenvalue weighted by atomic mass is 19.4. The van der Waals surface area contributed by atoms with Crippen molar-refractivity contribution in [2.75, 3.05) is 0 Å². The van der Waals surface area contributed by atoms with Crippen LogP contribution in [0.5, 0.6) is 46.0 Å². The first kappa shape index (κ1) is 111. The van der Waals surface area contributed by atoms with E-state index in [1.54, 1.807) is 13.8 Å². The third-order valence-corrected chi connectivity index (χ3v) is 18.9. The normalized spacial score (nSPS) is 10.1. The molecule has 656 valence electrons. The molecule has 0 N–H and O–H groups in total. The summed E-state index contributed by atoms with van der Waals surface area (Å²) in [6.07, 6.45) is -11.1. The van der Waals surface area contributed by atoms with Crippen molar-refractivity contribution in [1.29, 1.82) is 0 Å². The van der Waals surface area contributed by atoms with Crippen LogP contribution < -0.4 is 18.9 Å². The van der Waals surface area contributed by atoms with Gasteiger partial charge in [-0.2, -0.15) is 26.3 Å². The van der Waals surface area contributed by atoms with Crippen LogP contribution in [-0.4, -0.2) is 12.4 Å². The Hall–Kier alpha value is -12.1. The van der Waals surface area contributed by atoms with E-state index < -0.39 is 28.9 Å². The van der Waals surface area contributed by atoms with Gasteiger partial charge in [0.05, 0.1) is 0 Å². The van der Waals surface area contributed by atoms with E-state index in [0.717, 1.165) is 70.3 Å². The maximum Gasteiger partial charge on any atom is 0.411 e. The molecular weight excluding hydrogens is 1540 g/mol. The summed E-state index contributed by atoms with van der Waals surface area (Å²) in [6, 6.07) is 107. The van der Waals surface area contributed by atoms with Crippen molar-refractivity contribution in [3.05, 3.63) is 451 Å². The molecule has 0 bridgehead atoms. The number of alkyl halides is 6. The molecule has 0 radical (unpaired) electrons. The van der Waals surface area contributed by atoms with Crippen molar-refractivity contribution in [3.8, 4) is 46.0 Å². The van der Waals surface area contributed by atoms with E-state index in [0.29, 0.717) is 11.1 Å². The predicted molar refractivity (Wildman–Crippen MR) is 518 cm³/mol. The Morgan fingerprint density at radius 3 is 0.553 bits per heavy atom. The monoisotopic (exact) mass is 1670 g/mol. The molecular formula is C113H138F6O4. The van der Waals surface area contributed by atoms with Gasteiger partial charge in [0.1, 0.15) is 46.0 Å². The van der Waals surface area contributed by atoms with Crippen LogP contribution >= 0.6 is 0 Å². The molecule has 0 heterocycles. The highest BCUT2D eigenvalue weighted by Crippen LogP contribution is 2.56. The molecule has 0 aromatic heterocycles. The molecule has 0 amide bonds. The number of hydrogen-bond acceptors (Lipinski definition) is 4. The van der Waals surface area contributed by atoms with Crippen LogP contribution in [0.25, 0.3) is 0 Å². The molecule has 0 aliphatic heterocycles. The molecule has 0 atom stereocenters. The predicted octanol–water partition coefficient (Wildman–Crippen LogP) is 35.8. The number of benzene rings is 14. The number of halogens is 6. The van der Waals surface area contributed by atoms with Crippen molar-refractivity contribution in [2.45, 2.75) is 200 Å². The Labute approximate surface area is 737 Å². The van der Waals surface area contributed by atoms with Gasteiger partial charge in [-0.25, -0.2) is 0 Å². The maximum atomic E-state index is 13.7. The van der Waals surface area contributed by atoms with Crippen molar-refractivity contribution in [3.63, 3.8) is 0 Å². The van der Waals surface area contributed by atoms with Crippen molar-refractivity contribution in [1.82, 2.24) is 0 Å². The molecule has 14 aromatic rings. The number of ether oxygens (including phenoxy) is 4. The molecule has 0 unspecified atom stereocenters. The molecule has 10 heteroatoms. The van der Waals surface area contributed by atoms with Gasteiger partial charge in [-0.15, -0.1) is 0 Å². The van der Waals surface area contributed by atoms with E-state index in [-0.39, 0.29) is 57.4 Å². The van der Waals surface area contributed by atoms with Crippen LogP contribution in [-0.2, 0) is 10.8 Å². The zero-order valence-electron chi connectivity index (χ0n) is 70.2. The molecule has 0 fully saturated rings. The molecule has 0 aliphatic carbocycles. The van der Waals surface area contributed by atoms with Gasteiger partial charge in [-0.1, -0.05) is 370 Å². The summed E-state index contributed by atoms with van der Waals surface area (Å²) < 4.78 is 106. The number of hydrogen-bond donors (Lipinski definition) is 0. The summed E-state index contributed by atoms with van der Waals surface area (Å²) >= 11 is 0. The average Bonchev–Trinajstić information content (AvgIpc) is 0.716. The summed E-state index contributed by atoms with van der Waals surface area (Å²) in [5.74, 6) is 6.71. The fraction of sp³-hybridized carbons (Fsp3) is 0.257. The Kier molecular flexibility index (Phi) is 48.3. The lowest BCUT2D eigenvalue weighted by molar-refractivity contribution is -0.288. The third kappa shape index (κ3) is 36.6. The largest absolute Gasteiger partial charge is 0.457 e. The van der Waals surface area contributed by atoms with Crippen molar-refractivity contribution < 1.29 is 45.3 Å². The smallest absolute Gasteiger partial charge is 0.411 e. The first-order valence-electron chi connectivity index (χ1n) is 38.8. The summed E-state index contributed by atoms with van der Waals surface area (Å²) in [5, 5.41) is 0. The molecule has 0 spiro atoms. The Morgan fingerprint density at radius 1 is 0.171 bits per heavy atom. The quantitative estimate of drug-likeness (QED) is 0.114. The standard InChI is InChI=1S/C20H18O2.C17H14F6.C17H20.2C14H14O.3C8H10.7CH4/c1-15-6-3-8-17(12-15)21-19-10-5-11-20(14-19)22-18-9-4-7-16(2)13-18;1-11-3-7-13(8-4-11)15(16(18,19)20,17(21,22)23)14-9-5-12(2)6-10-14;1-13-5-9-15(10-6-13)17(3,4)16-11-7-14(2)8-12-16;1-11-3-7-13(8-4-11)15-14-9-5-12(2)6-10-14;1-11-5-3-7-13(9-11)15-14-8-4-6-12(2)10-14;1-7-3-5-8(2)6-4-7;1-7-4-3-5-8(2)6-7;1-7-5-3-4-6-8(7)2;;;;;;;/h3-14H,1-2H3;3-10H,1-2H3;5-12H,1-4H3;2*3-10H,1-2H3;3*3-6H,1-2H3;7*1H4. The lowest BCUT2D eigenvalue weighted by Crippen LogP contribution is -2.54. The van der Waals surface area contributed by atoms with Crippen molar-refractivity contribution >= 4 is 0 Å². The van der Waals surface area contributed by atoms with Gasteiger partial charge >= 0.3 is 12.4 Å². The Balaban J connectivity index is 0.00000141. The maximum absolute atomic E-state index is 13.7. The summed E-state index contributed by atoms with van der Waals surface area (Å²) in [4.78, 5) is 0. The molecule has 0 saturated heterocycles. The van der Waals surface area contributed by atoms with Crippen LogP contribution in [0, 0.1) is 111 Å². The lowest BCUT2D eigenvalue weighted by atomic mass is 9.72. The highest BCUT2D eigenvalue weighted by Gasteiger charge is 2.72. The second kappa shape index (κ2) is 53.6. The molecule has 4 nitrogen and oxygen atoms in total. The van der Waals surface area contributed by atoms with Gasteiger partial charge in [0, 0.05) is 11.5 Å². The highest BCUT2D eigenvalue weighted by molar-refractivity contribution is 5.47. The molecule has 0 aliphatic rings. The van der Waals surface area contributed by atoms with Crippen LogP contribution in [0.4, 0.5) is 26.3 Å². The fourth-order valence-corrected chi connectivity index (χ4v) is 11.9. The van der Waals surface area contributed by atoms with Crippen LogP contribution in [0.15, 0.2) is 340 Å². The van der Waals surface area contributed by atoms with E-state index in [9.17, 15) is 26.3 Å². The van der Waals surface area contributed by atoms with Gasteiger partial charge in [-0.05, 0) is 251 Å². The Bertz CT molecular complexity index is 4940. The minimum atomic E-state index is -5.53. The SMILES string of the molecule is C.C.C.C.C.C.C.Cc1ccc(C(C)(C)c2ccc(C)cc2)cc1.Cc1ccc(C(c2ccc(C)cc2)(C(F)(F)F)C(F)(F)F)cc1.Cc1ccc(C)cc1.Cc1ccc(Oc2ccc(C)cc2)cc1.Cc1cccc(C)c1.Cc1cccc(Oc2cccc(C)c2)c1.Cc1cccc(Oc2cccc(Oc3cccc(C)c3)c2)c1.Cc1ccccc1C. The zero-order valence-corrected chi connectivity index (χ0v) is 70.2. The van der Waals surface area contributed by atoms with E-state index in [2.05, 4.69) is 230 Å². The van der Waals surface area contributed by atoms with Crippen LogP contribution in [0.3, 0.4) is 0 Å². The van der Waals surface area contributed by atoms with E-state index in [1.807, 2.05) is 172 Å². The van der Waals surface area contributed by atoms with E-state index in [4.69, 9.17) is 18.9 Å². The van der Waals surface area contributed by atoms with Crippen molar-refractivity contribution in [2.24, 2.45) is 0 Å². The zero-order chi connectivity index (χ0) is 84.6. The summed E-state index contributed by atoms with van der Waals surface area (Å²) in [7, 11) is 0. The number of rotatable bonds is 12. The number of aryl methyl sites for hydroxylation is 16. The minimum absolute atomic E-state index is 0. The van der Waals surface area contributed by atoms with Gasteiger partial charge < -0.3 is 18.9 Å². The summed E-state index contributed by atoms with van der Waals surface area (Å²) in [5.41, 5.74) is 16.2. The first-order chi connectivity index (χ1) is 55.0. The van der Waals surface area contributed by atoms with Gasteiger partial charge in [0.2, 0.25) is 5.41 Å². The molecule has 0 saturated carbocycles. The Morgan fingerprint density at radius 2 is 0.350 bits per heavy atom. The van der Waals surface area contributed by atoms with Gasteiger partial charge in [0.25, 0.3) is 0 Å². The van der Waals surface area contributed by atoms with E-state index in [1.165, 1.54) is 113 Å². The van der Waals surface area contributed by atoms with Gasteiger partial charge in [0.15, 0.2) is 0 Å². The second-order valence-corrected chi connectivity index (χ2v) is 30.0. The topological polar surface area (TPSA) is 36.9 Å². The third-order valence-electron chi connectivity index (χ3n) is 18.9. The summed E-state index contributed by atoms with van der Waals surface area (Å²) in [6.45, 7) is 37.0. The molecule has 123 heavy (non-hydrogen) atoms. The van der Waals surface area contributed by atoms with E-state index >= 15 is 0 Å². The van der Waals surface area contributed by atoms with Gasteiger partial charge in [-0.3, -0.25) is 0 Å². The van der Waals surface area contributed by atoms with Crippen LogP contribution in [0.2, 0.25) is 0 Å². The average molecular weight is 1670 g/mol. The second-order valence-electron chi connectivity index (χ2n) is 30.0. The first-order valence-corrected chi connectivity index (χ1v) is 38.8.